The summed E-state index contributed by atoms with van der Waals surface area (Å²) in [5, 5.41) is 3.12. The molecule has 1 fully saturated rings. The van der Waals surface area contributed by atoms with Crippen molar-refractivity contribution in [3.63, 3.8) is 0 Å². The average molecular weight is 245 g/mol. The van der Waals surface area contributed by atoms with Crippen LogP contribution in [0.1, 0.15) is 30.9 Å². The smallest absolute Gasteiger partial charge is 0.278 e. The standard InChI is InChI=1S/C15H20N2O/c1-11(15(18)16-14-6-7-14)17-9-8-12-4-2-3-5-13(12)10-17/h2-5,11,14H,6-10H2,1H3,(H,16,18)/p+1/t11-/m1/s1. The molecule has 1 saturated carbocycles. The third-order valence-electron chi connectivity index (χ3n) is 4.18. The van der Waals surface area contributed by atoms with Gasteiger partial charge in [-0.25, -0.2) is 0 Å². The molecule has 0 radical (unpaired) electrons. The first kappa shape index (κ1) is 11.7. The zero-order valence-corrected chi connectivity index (χ0v) is 10.9. The Morgan fingerprint density at radius 2 is 2.06 bits per heavy atom. The van der Waals surface area contributed by atoms with E-state index in [1.165, 1.54) is 16.0 Å². The summed E-state index contributed by atoms with van der Waals surface area (Å²) in [6, 6.07) is 9.14. The minimum atomic E-state index is 0.0685. The van der Waals surface area contributed by atoms with Crippen LogP contribution in [0.3, 0.4) is 0 Å². The number of carbonyl (C=O) groups excluding carboxylic acids is 1. The van der Waals surface area contributed by atoms with E-state index in [0.717, 1.165) is 32.4 Å². The van der Waals surface area contributed by atoms with E-state index in [1.807, 2.05) is 0 Å². The Labute approximate surface area is 108 Å². The fourth-order valence-corrected chi connectivity index (χ4v) is 2.71. The van der Waals surface area contributed by atoms with Crippen LogP contribution in [0, 0.1) is 0 Å². The number of rotatable bonds is 3. The molecule has 0 saturated heterocycles. The van der Waals surface area contributed by atoms with Gasteiger partial charge in [0.15, 0.2) is 6.04 Å². The highest BCUT2D eigenvalue weighted by molar-refractivity contribution is 5.80. The lowest BCUT2D eigenvalue weighted by Crippen LogP contribution is -3.16. The van der Waals surface area contributed by atoms with Gasteiger partial charge in [0.2, 0.25) is 0 Å². The first-order valence-corrected chi connectivity index (χ1v) is 6.96. The maximum atomic E-state index is 12.1. The molecule has 1 aliphatic carbocycles. The van der Waals surface area contributed by atoms with Crippen molar-refractivity contribution in [2.45, 2.75) is 44.8 Å². The van der Waals surface area contributed by atoms with Crippen molar-refractivity contribution < 1.29 is 9.69 Å². The summed E-state index contributed by atoms with van der Waals surface area (Å²) in [6.45, 7) is 4.10. The SMILES string of the molecule is C[C@H](C(=O)NC1CC1)[NH+]1CCc2ccccc2C1. The average Bonchev–Trinajstić information content (AvgIpc) is 3.21. The van der Waals surface area contributed by atoms with Gasteiger partial charge in [0.1, 0.15) is 6.54 Å². The molecule has 18 heavy (non-hydrogen) atoms. The van der Waals surface area contributed by atoms with Crippen LogP contribution in [0.15, 0.2) is 24.3 Å². The Bertz CT molecular complexity index is 454. The predicted molar refractivity (Wildman–Crippen MR) is 70.3 cm³/mol. The van der Waals surface area contributed by atoms with Gasteiger partial charge in [0, 0.05) is 18.0 Å². The number of amides is 1. The lowest BCUT2D eigenvalue weighted by Gasteiger charge is -2.30. The van der Waals surface area contributed by atoms with Gasteiger partial charge in [-0.3, -0.25) is 4.79 Å². The molecular weight excluding hydrogens is 224 g/mol. The second-order valence-corrected chi connectivity index (χ2v) is 5.61. The highest BCUT2D eigenvalue weighted by Gasteiger charge is 2.32. The molecule has 96 valence electrons. The highest BCUT2D eigenvalue weighted by atomic mass is 16.2. The van der Waals surface area contributed by atoms with Crippen LogP contribution in [0.25, 0.3) is 0 Å². The molecule has 1 unspecified atom stereocenters. The predicted octanol–water partition coefficient (Wildman–Crippen LogP) is 0.295. The molecule has 0 bridgehead atoms. The lowest BCUT2D eigenvalue weighted by molar-refractivity contribution is -0.929. The molecule has 2 atom stereocenters. The van der Waals surface area contributed by atoms with Crippen molar-refractivity contribution in [2.24, 2.45) is 0 Å². The summed E-state index contributed by atoms with van der Waals surface area (Å²) in [4.78, 5) is 13.5. The van der Waals surface area contributed by atoms with Crippen LogP contribution in [0.5, 0.6) is 0 Å². The van der Waals surface area contributed by atoms with Crippen LogP contribution in [0.4, 0.5) is 0 Å². The molecule has 1 aromatic rings. The third-order valence-corrected chi connectivity index (χ3v) is 4.18. The van der Waals surface area contributed by atoms with E-state index in [0.29, 0.717) is 6.04 Å². The van der Waals surface area contributed by atoms with Gasteiger partial charge in [-0.1, -0.05) is 24.3 Å². The maximum absolute atomic E-state index is 12.1. The Morgan fingerprint density at radius 3 is 2.78 bits per heavy atom. The molecule has 2 N–H and O–H groups in total. The zero-order valence-electron chi connectivity index (χ0n) is 10.9. The van der Waals surface area contributed by atoms with E-state index in [2.05, 4.69) is 36.5 Å². The van der Waals surface area contributed by atoms with E-state index < -0.39 is 0 Å². The van der Waals surface area contributed by atoms with Crippen LogP contribution in [-0.4, -0.2) is 24.5 Å². The zero-order chi connectivity index (χ0) is 12.5. The van der Waals surface area contributed by atoms with Crippen LogP contribution in [-0.2, 0) is 17.8 Å². The summed E-state index contributed by atoms with van der Waals surface area (Å²) < 4.78 is 0. The number of hydrogen-bond donors (Lipinski definition) is 2. The summed E-state index contributed by atoms with van der Waals surface area (Å²) in [5.74, 6) is 0.229. The number of nitrogens with one attached hydrogen (secondary N) is 2. The molecule has 0 spiro atoms. The Balaban J connectivity index is 1.65. The number of hydrogen-bond acceptors (Lipinski definition) is 1. The van der Waals surface area contributed by atoms with Gasteiger partial charge in [-0.2, -0.15) is 0 Å². The molecule has 3 rings (SSSR count). The van der Waals surface area contributed by atoms with Gasteiger partial charge in [-0.05, 0) is 25.3 Å². The van der Waals surface area contributed by atoms with Gasteiger partial charge in [0.05, 0.1) is 6.54 Å². The van der Waals surface area contributed by atoms with Crippen molar-refractivity contribution >= 4 is 5.91 Å². The van der Waals surface area contributed by atoms with Gasteiger partial charge in [-0.15, -0.1) is 0 Å². The van der Waals surface area contributed by atoms with Crippen LogP contribution in [0.2, 0.25) is 0 Å². The quantitative estimate of drug-likeness (QED) is 0.789. The molecule has 2 aliphatic rings. The Hall–Kier alpha value is -1.35. The van der Waals surface area contributed by atoms with Gasteiger partial charge in [0.25, 0.3) is 5.91 Å². The van der Waals surface area contributed by atoms with Crippen molar-refractivity contribution in [1.29, 1.82) is 0 Å². The van der Waals surface area contributed by atoms with Gasteiger partial charge >= 0.3 is 0 Å². The first-order chi connectivity index (χ1) is 8.74. The fraction of sp³-hybridized carbons (Fsp3) is 0.533. The van der Waals surface area contributed by atoms with E-state index in [4.69, 9.17) is 0 Å². The number of quaternary nitrogens is 1. The van der Waals surface area contributed by atoms with E-state index in [-0.39, 0.29) is 11.9 Å². The van der Waals surface area contributed by atoms with E-state index in [1.54, 1.807) is 0 Å². The van der Waals surface area contributed by atoms with Crippen molar-refractivity contribution in [3.8, 4) is 0 Å². The summed E-state index contributed by atoms with van der Waals surface area (Å²) >= 11 is 0. The van der Waals surface area contributed by atoms with Gasteiger partial charge < -0.3 is 10.2 Å². The normalized spacial score (nSPS) is 24.2. The monoisotopic (exact) mass is 245 g/mol. The Kier molecular flexibility index (Phi) is 3.08. The molecule has 1 heterocycles. The van der Waals surface area contributed by atoms with Crippen LogP contribution >= 0.6 is 0 Å². The highest BCUT2D eigenvalue weighted by Crippen LogP contribution is 2.18. The molecule has 1 aromatic carbocycles. The van der Waals surface area contributed by atoms with E-state index in [9.17, 15) is 4.79 Å². The second-order valence-electron chi connectivity index (χ2n) is 5.61. The molecule has 1 amide bonds. The summed E-state index contributed by atoms with van der Waals surface area (Å²) in [5.41, 5.74) is 2.86. The van der Waals surface area contributed by atoms with E-state index >= 15 is 0 Å². The lowest BCUT2D eigenvalue weighted by atomic mass is 9.99. The largest absolute Gasteiger partial charge is 0.348 e. The first-order valence-electron chi connectivity index (χ1n) is 6.96. The summed E-state index contributed by atoms with van der Waals surface area (Å²) in [6.07, 6.45) is 3.42. The Morgan fingerprint density at radius 1 is 1.33 bits per heavy atom. The maximum Gasteiger partial charge on any atom is 0.278 e. The summed E-state index contributed by atoms with van der Waals surface area (Å²) in [7, 11) is 0. The van der Waals surface area contributed by atoms with Crippen molar-refractivity contribution in [2.75, 3.05) is 6.54 Å². The molecule has 3 nitrogen and oxygen atoms in total. The number of fused-ring (bicyclic) bond motifs is 1. The minimum Gasteiger partial charge on any atom is -0.348 e. The topological polar surface area (TPSA) is 33.5 Å². The molecule has 3 heteroatoms. The number of carbonyl (C=O) groups is 1. The number of benzene rings is 1. The molecule has 0 aromatic heterocycles. The van der Waals surface area contributed by atoms with Crippen molar-refractivity contribution in [1.82, 2.24) is 5.32 Å². The van der Waals surface area contributed by atoms with Crippen LogP contribution < -0.4 is 10.2 Å². The molecular formula is C15H21N2O+. The minimum absolute atomic E-state index is 0.0685. The molecule has 1 aliphatic heterocycles. The second kappa shape index (κ2) is 4.73. The third kappa shape index (κ3) is 2.41. The van der Waals surface area contributed by atoms with Crippen molar-refractivity contribution in [3.05, 3.63) is 35.4 Å². The fourth-order valence-electron chi connectivity index (χ4n) is 2.71.